The number of methoxy groups -OCH3 is 1. The molecule has 0 aromatic heterocycles. The third-order valence-electron chi connectivity index (χ3n) is 3.35. The second kappa shape index (κ2) is 6.21. The van der Waals surface area contributed by atoms with Gasteiger partial charge in [-0.2, -0.15) is 0 Å². The molecule has 16 heavy (non-hydrogen) atoms. The standard InChI is InChI=1S/C12H23NO3/c1-10(16-2)11(14)13-9-12(15)7-5-3-4-6-8-12/h10,15H,3-9H2,1-2H3,(H,13,14). The molecule has 1 aliphatic carbocycles. The normalized spacial score (nSPS) is 22.2. The Hall–Kier alpha value is -0.610. The summed E-state index contributed by atoms with van der Waals surface area (Å²) in [6.07, 6.45) is 5.59. The molecule has 0 aromatic rings. The Morgan fingerprint density at radius 1 is 1.38 bits per heavy atom. The lowest BCUT2D eigenvalue weighted by Crippen LogP contribution is -2.45. The quantitative estimate of drug-likeness (QED) is 0.713. The SMILES string of the molecule is COC(C)C(=O)NCC1(O)CCCCCC1. The molecule has 1 rings (SSSR count). The van der Waals surface area contributed by atoms with E-state index in [-0.39, 0.29) is 5.91 Å². The number of nitrogens with one attached hydrogen (secondary N) is 1. The van der Waals surface area contributed by atoms with E-state index in [0.29, 0.717) is 6.54 Å². The molecule has 0 saturated heterocycles. The minimum atomic E-state index is -0.709. The average Bonchev–Trinajstić information content (AvgIpc) is 2.50. The van der Waals surface area contributed by atoms with Gasteiger partial charge in [0, 0.05) is 13.7 Å². The summed E-state index contributed by atoms with van der Waals surface area (Å²) in [6.45, 7) is 2.05. The molecule has 1 saturated carbocycles. The zero-order valence-electron chi connectivity index (χ0n) is 10.3. The second-order valence-electron chi connectivity index (χ2n) is 4.73. The Balaban J connectivity index is 2.37. The summed E-state index contributed by atoms with van der Waals surface area (Å²) in [4.78, 5) is 11.5. The summed E-state index contributed by atoms with van der Waals surface area (Å²) in [6, 6.07) is 0. The molecule has 1 unspecified atom stereocenters. The molecular formula is C12H23NO3. The monoisotopic (exact) mass is 229 g/mol. The Labute approximate surface area is 97.4 Å². The van der Waals surface area contributed by atoms with Gasteiger partial charge in [0.1, 0.15) is 6.10 Å². The number of carbonyl (C=O) groups excluding carboxylic acids is 1. The minimum absolute atomic E-state index is 0.153. The summed E-state index contributed by atoms with van der Waals surface area (Å²) in [7, 11) is 1.50. The van der Waals surface area contributed by atoms with Gasteiger partial charge in [-0.25, -0.2) is 0 Å². The van der Waals surface area contributed by atoms with Gasteiger partial charge < -0.3 is 15.2 Å². The van der Waals surface area contributed by atoms with E-state index < -0.39 is 11.7 Å². The Kier molecular flexibility index (Phi) is 5.22. The maximum absolute atomic E-state index is 11.5. The van der Waals surface area contributed by atoms with Gasteiger partial charge in [0.05, 0.1) is 5.60 Å². The molecule has 0 spiro atoms. The van der Waals surface area contributed by atoms with E-state index in [1.54, 1.807) is 6.92 Å². The number of carbonyl (C=O) groups is 1. The average molecular weight is 229 g/mol. The predicted molar refractivity (Wildman–Crippen MR) is 62.1 cm³/mol. The lowest BCUT2D eigenvalue weighted by atomic mass is 9.94. The van der Waals surface area contributed by atoms with Crippen molar-refractivity contribution < 1.29 is 14.6 Å². The maximum atomic E-state index is 11.5. The summed E-state index contributed by atoms with van der Waals surface area (Å²) in [5.74, 6) is -0.153. The molecule has 1 aliphatic rings. The molecule has 94 valence electrons. The van der Waals surface area contributed by atoms with Crippen molar-refractivity contribution in [2.75, 3.05) is 13.7 Å². The van der Waals surface area contributed by atoms with Crippen molar-refractivity contribution >= 4 is 5.91 Å². The van der Waals surface area contributed by atoms with Crippen LogP contribution in [0.15, 0.2) is 0 Å². The fourth-order valence-electron chi connectivity index (χ4n) is 2.07. The summed E-state index contributed by atoms with van der Waals surface area (Å²) in [5, 5.41) is 13.1. The van der Waals surface area contributed by atoms with E-state index >= 15 is 0 Å². The van der Waals surface area contributed by atoms with E-state index in [2.05, 4.69) is 5.32 Å². The minimum Gasteiger partial charge on any atom is -0.388 e. The summed E-state index contributed by atoms with van der Waals surface area (Å²) < 4.78 is 4.92. The van der Waals surface area contributed by atoms with Crippen LogP contribution >= 0.6 is 0 Å². The second-order valence-corrected chi connectivity index (χ2v) is 4.73. The number of amides is 1. The van der Waals surface area contributed by atoms with Gasteiger partial charge in [0.2, 0.25) is 5.91 Å². The molecule has 2 N–H and O–H groups in total. The molecule has 4 heteroatoms. The molecule has 0 aliphatic heterocycles. The zero-order valence-corrected chi connectivity index (χ0v) is 10.3. The highest BCUT2D eigenvalue weighted by atomic mass is 16.5. The van der Waals surface area contributed by atoms with Gasteiger partial charge in [-0.1, -0.05) is 25.7 Å². The van der Waals surface area contributed by atoms with E-state index in [4.69, 9.17) is 4.74 Å². The van der Waals surface area contributed by atoms with E-state index in [1.165, 1.54) is 20.0 Å². The van der Waals surface area contributed by atoms with Crippen LogP contribution < -0.4 is 5.32 Å². The highest BCUT2D eigenvalue weighted by Crippen LogP contribution is 2.26. The van der Waals surface area contributed by atoms with Crippen molar-refractivity contribution in [3.8, 4) is 0 Å². The number of aliphatic hydroxyl groups is 1. The van der Waals surface area contributed by atoms with Crippen LogP contribution in [-0.4, -0.2) is 36.4 Å². The van der Waals surface area contributed by atoms with Crippen molar-refractivity contribution in [2.45, 2.75) is 57.2 Å². The van der Waals surface area contributed by atoms with Gasteiger partial charge >= 0.3 is 0 Å². The topological polar surface area (TPSA) is 58.6 Å². The molecular weight excluding hydrogens is 206 g/mol. The number of hydrogen-bond acceptors (Lipinski definition) is 3. The molecule has 1 atom stereocenters. The first kappa shape index (κ1) is 13.5. The number of hydrogen-bond donors (Lipinski definition) is 2. The Bertz CT molecular complexity index is 222. The molecule has 1 fully saturated rings. The van der Waals surface area contributed by atoms with Crippen molar-refractivity contribution in [2.24, 2.45) is 0 Å². The van der Waals surface area contributed by atoms with Crippen LogP contribution in [0.1, 0.15) is 45.4 Å². The zero-order chi connectivity index (χ0) is 12.0. The van der Waals surface area contributed by atoms with Crippen LogP contribution in [0.5, 0.6) is 0 Å². The summed E-state index contributed by atoms with van der Waals surface area (Å²) in [5.41, 5.74) is -0.709. The molecule has 4 nitrogen and oxygen atoms in total. The molecule has 0 heterocycles. The Morgan fingerprint density at radius 3 is 2.44 bits per heavy atom. The molecule has 0 aromatic carbocycles. The number of rotatable bonds is 4. The first-order valence-electron chi connectivity index (χ1n) is 6.10. The van der Waals surface area contributed by atoms with Crippen molar-refractivity contribution in [3.63, 3.8) is 0 Å². The highest BCUT2D eigenvalue weighted by Gasteiger charge is 2.28. The van der Waals surface area contributed by atoms with Crippen molar-refractivity contribution in [1.29, 1.82) is 0 Å². The largest absolute Gasteiger partial charge is 0.388 e. The lowest BCUT2D eigenvalue weighted by Gasteiger charge is -2.27. The third kappa shape index (κ3) is 4.10. The fraction of sp³-hybridized carbons (Fsp3) is 0.917. The Morgan fingerprint density at radius 2 is 1.94 bits per heavy atom. The lowest BCUT2D eigenvalue weighted by molar-refractivity contribution is -0.131. The third-order valence-corrected chi connectivity index (χ3v) is 3.35. The van der Waals surface area contributed by atoms with Gasteiger partial charge in [0.15, 0.2) is 0 Å². The van der Waals surface area contributed by atoms with Crippen molar-refractivity contribution in [1.82, 2.24) is 5.32 Å². The van der Waals surface area contributed by atoms with Crippen LogP contribution in [0.4, 0.5) is 0 Å². The highest BCUT2D eigenvalue weighted by molar-refractivity contribution is 5.80. The maximum Gasteiger partial charge on any atom is 0.248 e. The van der Waals surface area contributed by atoms with Crippen molar-refractivity contribution in [3.05, 3.63) is 0 Å². The fourth-order valence-corrected chi connectivity index (χ4v) is 2.07. The number of ether oxygens (including phenoxy) is 1. The van der Waals surface area contributed by atoms with E-state index in [1.807, 2.05) is 0 Å². The summed E-state index contributed by atoms with van der Waals surface area (Å²) >= 11 is 0. The van der Waals surface area contributed by atoms with Crippen LogP contribution in [0, 0.1) is 0 Å². The van der Waals surface area contributed by atoms with Crippen LogP contribution in [0.3, 0.4) is 0 Å². The van der Waals surface area contributed by atoms with Crippen LogP contribution in [0.2, 0.25) is 0 Å². The smallest absolute Gasteiger partial charge is 0.248 e. The molecule has 0 radical (unpaired) electrons. The molecule has 1 amide bonds. The van der Waals surface area contributed by atoms with Gasteiger partial charge in [0.25, 0.3) is 0 Å². The van der Waals surface area contributed by atoms with Gasteiger partial charge in [-0.3, -0.25) is 4.79 Å². The van der Waals surface area contributed by atoms with Crippen LogP contribution in [-0.2, 0) is 9.53 Å². The predicted octanol–water partition coefficient (Wildman–Crippen LogP) is 1.22. The van der Waals surface area contributed by atoms with Gasteiger partial charge in [-0.05, 0) is 19.8 Å². The van der Waals surface area contributed by atoms with Crippen LogP contribution in [0.25, 0.3) is 0 Å². The van der Waals surface area contributed by atoms with E-state index in [0.717, 1.165) is 25.7 Å². The first-order valence-corrected chi connectivity index (χ1v) is 6.10. The first-order chi connectivity index (χ1) is 7.57. The van der Waals surface area contributed by atoms with E-state index in [9.17, 15) is 9.90 Å². The van der Waals surface area contributed by atoms with Gasteiger partial charge in [-0.15, -0.1) is 0 Å². The molecule has 0 bridgehead atoms.